The minimum atomic E-state index is -3.29. The quantitative estimate of drug-likeness (QED) is 0.709. The molecule has 4 nitrogen and oxygen atoms in total. The standard InChI is InChI=1S/C13H18N2O2S/c1-14-9-7-13(8-10-14)11-5-3-4-6-12(11)18(16,17)15(13)2/h3-6H,7-10H2,1-2H3. The first-order valence-electron chi connectivity index (χ1n) is 6.25. The van der Waals surface area contributed by atoms with Crippen LogP contribution < -0.4 is 0 Å². The van der Waals surface area contributed by atoms with Crippen molar-refractivity contribution in [2.75, 3.05) is 27.2 Å². The van der Waals surface area contributed by atoms with E-state index in [1.165, 1.54) is 0 Å². The van der Waals surface area contributed by atoms with Crippen LogP contribution in [0.2, 0.25) is 0 Å². The van der Waals surface area contributed by atoms with Crippen molar-refractivity contribution in [3.63, 3.8) is 0 Å². The van der Waals surface area contributed by atoms with E-state index >= 15 is 0 Å². The molecule has 0 atom stereocenters. The Bertz CT molecular complexity index is 574. The zero-order valence-corrected chi connectivity index (χ0v) is 11.6. The normalized spacial score (nSPS) is 26.3. The van der Waals surface area contributed by atoms with Crippen molar-refractivity contribution in [3.8, 4) is 0 Å². The van der Waals surface area contributed by atoms with Gasteiger partial charge < -0.3 is 4.90 Å². The second-order valence-corrected chi connectivity index (χ2v) is 7.24. The first-order valence-corrected chi connectivity index (χ1v) is 7.70. The molecule has 0 bridgehead atoms. The van der Waals surface area contributed by atoms with Crippen molar-refractivity contribution in [3.05, 3.63) is 29.8 Å². The SMILES string of the molecule is CN1CCC2(CC1)c1ccccc1S(=O)(=O)N2C. The van der Waals surface area contributed by atoms with Crippen LogP contribution in [0.1, 0.15) is 18.4 Å². The number of hydrogen-bond acceptors (Lipinski definition) is 3. The highest BCUT2D eigenvalue weighted by Gasteiger charge is 2.52. The molecule has 5 heteroatoms. The minimum Gasteiger partial charge on any atom is -0.306 e. The van der Waals surface area contributed by atoms with Crippen molar-refractivity contribution < 1.29 is 8.42 Å². The number of sulfonamides is 1. The summed E-state index contributed by atoms with van der Waals surface area (Å²) < 4.78 is 26.5. The Morgan fingerprint density at radius 3 is 2.39 bits per heavy atom. The summed E-state index contributed by atoms with van der Waals surface area (Å²) in [6.07, 6.45) is 1.74. The van der Waals surface area contributed by atoms with Crippen molar-refractivity contribution in [1.29, 1.82) is 0 Å². The Morgan fingerprint density at radius 2 is 1.72 bits per heavy atom. The van der Waals surface area contributed by atoms with E-state index in [2.05, 4.69) is 11.9 Å². The molecule has 1 aromatic rings. The molecule has 2 aliphatic rings. The maximum atomic E-state index is 12.5. The summed E-state index contributed by atoms with van der Waals surface area (Å²) in [6.45, 7) is 1.88. The van der Waals surface area contributed by atoms with E-state index in [0.717, 1.165) is 31.5 Å². The van der Waals surface area contributed by atoms with Gasteiger partial charge in [-0.25, -0.2) is 8.42 Å². The first kappa shape index (κ1) is 12.1. The molecule has 1 saturated heterocycles. The van der Waals surface area contributed by atoms with Crippen LogP contribution in [0.15, 0.2) is 29.2 Å². The van der Waals surface area contributed by atoms with Gasteiger partial charge in [-0.3, -0.25) is 0 Å². The van der Waals surface area contributed by atoms with Crippen LogP contribution in [-0.4, -0.2) is 44.8 Å². The Kier molecular flexibility index (Phi) is 2.56. The van der Waals surface area contributed by atoms with E-state index in [9.17, 15) is 8.42 Å². The van der Waals surface area contributed by atoms with Crippen molar-refractivity contribution in [2.24, 2.45) is 0 Å². The molecule has 98 valence electrons. The van der Waals surface area contributed by atoms with E-state index in [1.54, 1.807) is 23.5 Å². The second-order valence-electron chi connectivity index (χ2n) is 5.30. The van der Waals surface area contributed by atoms with Gasteiger partial charge in [-0.05, 0) is 44.6 Å². The third kappa shape index (κ3) is 1.41. The Morgan fingerprint density at radius 1 is 1.11 bits per heavy atom. The second kappa shape index (κ2) is 3.79. The molecule has 0 radical (unpaired) electrons. The smallest absolute Gasteiger partial charge is 0.243 e. The lowest BCUT2D eigenvalue weighted by Crippen LogP contribution is -2.48. The molecule has 0 N–H and O–H groups in total. The largest absolute Gasteiger partial charge is 0.306 e. The average molecular weight is 266 g/mol. The summed E-state index contributed by atoms with van der Waals surface area (Å²) in [4.78, 5) is 2.75. The third-order valence-corrected chi connectivity index (χ3v) is 6.43. The molecule has 1 spiro atoms. The fraction of sp³-hybridized carbons (Fsp3) is 0.538. The molecule has 0 saturated carbocycles. The maximum Gasteiger partial charge on any atom is 0.243 e. The predicted molar refractivity (Wildman–Crippen MR) is 69.8 cm³/mol. The van der Waals surface area contributed by atoms with E-state index in [4.69, 9.17) is 0 Å². The van der Waals surface area contributed by atoms with Crippen LogP contribution in [0.5, 0.6) is 0 Å². The highest BCUT2D eigenvalue weighted by Crippen LogP contribution is 2.48. The van der Waals surface area contributed by atoms with Gasteiger partial charge in [0.15, 0.2) is 0 Å². The van der Waals surface area contributed by atoms with Crippen LogP contribution >= 0.6 is 0 Å². The van der Waals surface area contributed by atoms with Gasteiger partial charge in [-0.15, -0.1) is 0 Å². The third-order valence-electron chi connectivity index (χ3n) is 4.44. The summed E-state index contributed by atoms with van der Waals surface area (Å²) in [5.41, 5.74) is 0.669. The van der Waals surface area contributed by atoms with Gasteiger partial charge in [0.25, 0.3) is 0 Å². The van der Waals surface area contributed by atoms with Crippen LogP contribution in [0.4, 0.5) is 0 Å². The van der Waals surface area contributed by atoms with Crippen LogP contribution in [0.25, 0.3) is 0 Å². The molecule has 2 heterocycles. The number of likely N-dealkylation sites (tertiary alicyclic amines) is 1. The molecule has 1 aromatic carbocycles. The van der Waals surface area contributed by atoms with Crippen molar-refractivity contribution in [2.45, 2.75) is 23.3 Å². The zero-order valence-electron chi connectivity index (χ0n) is 10.8. The van der Waals surface area contributed by atoms with Crippen LogP contribution in [0.3, 0.4) is 0 Å². The van der Waals surface area contributed by atoms with E-state index < -0.39 is 10.0 Å². The molecule has 1 fully saturated rings. The Balaban J connectivity index is 2.18. The molecule has 0 aromatic heterocycles. The molecular weight excluding hydrogens is 248 g/mol. The van der Waals surface area contributed by atoms with Gasteiger partial charge >= 0.3 is 0 Å². The van der Waals surface area contributed by atoms with Gasteiger partial charge in [0, 0.05) is 7.05 Å². The summed E-state index contributed by atoms with van der Waals surface area (Å²) >= 11 is 0. The fourth-order valence-electron chi connectivity index (χ4n) is 3.20. The van der Waals surface area contributed by atoms with E-state index in [-0.39, 0.29) is 5.54 Å². The number of fused-ring (bicyclic) bond motifs is 2. The molecule has 0 amide bonds. The van der Waals surface area contributed by atoms with Crippen molar-refractivity contribution in [1.82, 2.24) is 9.21 Å². The topological polar surface area (TPSA) is 40.6 Å². The minimum absolute atomic E-state index is 0.318. The zero-order chi connectivity index (χ0) is 13.0. The van der Waals surface area contributed by atoms with Crippen LogP contribution in [-0.2, 0) is 15.6 Å². The molecule has 0 aliphatic carbocycles. The molecular formula is C13H18N2O2S. The lowest BCUT2D eigenvalue weighted by molar-refractivity contribution is 0.109. The first-order chi connectivity index (χ1) is 8.48. The van der Waals surface area contributed by atoms with Gasteiger partial charge in [-0.1, -0.05) is 18.2 Å². The predicted octanol–water partition coefficient (Wildman–Crippen LogP) is 1.24. The maximum absolute atomic E-state index is 12.5. The van der Waals surface area contributed by atoms with E-state index in [0.29, 0.717) is 4.90 Å². The molecule has 0 unspecified atom stereocenters. The fourth-order valence-corrected chi connectivity index (χ4v) is 5.02. The number of piperidine rings is 1. The summed E-state index contributed by atoms with van der Waals surface area (Å²) in [5, 5.41) is 0. The van der Waals surface area contributed by atoms with Gasteiger partial charge in [0.05, 0.1) is 10.4 Å². The van der Waals surface area contributed by atoms with Gasteiger partial charge in [-0.2, -0.15) is 4.31 Å². The number of hydrogen-bond donors (Lipinski definition) is 0. The molecule has 18 heavy (non-hydrogen) atoms. The highest BCUT2D eigenvalue weighted by atomic mass is 32.2. The monoisotopic (exact) mass is 266 g/mol. The number of rotatable bonds is 0. The average Bonchev–Trinajstić information content (AvgIpc) is 2.54. The Hall–Kier alpha value is -0.910. The summed E-state index contributed by atoms with van der Waals surface area (Å²) in [6, 6.07) is 7.45. The lowest BCUT2D eigenvalue weighted by Gasteiger charge is -2.41. The van der Waals surface area contributed by atoms with Crippen molar-refractivity contribution >= 4 is 10.0 Å². The van der Waals surface area contributed by atoms with Gasteiger partial charge in [0.2, 0.25) is 10.0 Å². The number of benzene rings is 1. The number of nitrogens with zero attached hydrogens (tertiary/aromatic N) is 2. The Labute approximate surface area is 108 Å². The van der Waals surface area contributed by atoms with E-state index in [1.807, 2.05) is 12.1 Å². The summed E-state index contributed by atoms with van der Waals surface area (Å²) in [5.74, 6) is 0. The van der Waals surface area contributed by atoms with Crippen LogP contribution in [0, 0.1) is 0 Å². The summed E-state index contributed by atoms with van der Waals surface area (Å²) in [7, 11) is 0.513. The molecule has 3 rings (SSSR count). The highest BCUT2D eigenvalue weighted by molar-refractivity contribution is 7.89. The van der Waals surface area contributed by atoms with Gasteiger partial charge in [0.1, 0.15) is 0 Å². The molecule has 2 aliphatic heterocycles. The lowest BCUT2D eigenvalue weighted by atomic mass is 9.81.